The third-order valence-corrected chi connectivity index (χ3v) is 8.17. The van der Waals surface area contributed by atoms with E-state index in [0.717, 1.165) is 55.7 Å². The quantitative estimate of drug-likeness (QED) is 0.487. The van der Waals surface area contributed by atoms with Gasteiger partial charge < -0.3 is 9.64 Å². The van der Waals surface area contributed by atoms with Crippen LogP contribution in [0.4, 0.5) is 0 Å². The van der Waals surface area contributed by atoms with Crippen LogP contribution in [0.2, 0.25) is 10.0 Å². The summed E-state index contributed by atoms with van der Waals surface area (Å²) >= 11 is 13.0. The number of hydrogen-bond donors (Lipinski definition) is 0. The molecule has 1 aliphatic carbocycles. The average Bonchev–Trinajstić information content (AvgIpc) is 3.31. The summed E-state index contributed by atoms with van der Waals surface area (Å²) in [5, 5.41) is 7.42. The number of halogens is 2. The largest absolute Gasteiger partial charge is 0.379 e. The van der Waals surface area contributed by atoms with Gasteiger partial charge in [-0.3, -0.25) is 14.5 Å². The Hall–Kier alpha value is -2.45. The number of hydrazone groups is 1. The van der Waals surface area contributed by atoms with Gasteiger partial charge in [-0.05, 0) is 30.5 Å². The predicted molar refractivity (Wildman–Crippen MR) is 145 cm³/mol. The molecule has 3 aliphatic rings. The second kappa shape index (κ2) is 11.9. The number of amides is 2. The molecule has 2 heterocycles. The highest BCUT2D eigenvalue weighted by Crippen LogP contribution is 2.37. The fourth-order valence-corrected chi connectivity index (χ4v) is 5.60. The number of hydrogen-bond acceptors (Lipinski definition) is 5. The molecule has 1 atom stereocenters. The highest BCUT2D eigenvalue weighted by atomic mass is 35.5. The lowest BCUT2D eigenvalue weighted by Gasteiger charge is -2.34. The van der Waals surface area contributed by atoms with E-state index in [1.807, 2.05) is 48.5 Å². The average molecular weight is 543 g/mol. The number of carbonyl (C=O) groups excluding carboxylic acids is 2. The van der Waals surface area contributed by atoms with Gasteiger partial charge in [0.15, 0.2) is 0 Å². The van der Waals surface area contributed by atoms with Gasteiger partial charge in [0.1, 0.15) is 6.54 Å². The summed E-state index contributed by atoms with van der Waals surface area (Å²) in [6.45, 7) is 4.28. The van der Waals surface area contributed by atoms with Crippen molar-refractivity contribution >= 4 is 40.7 Å². The molecule has 0 aromatic heterocycles. The molecule has 37 heavy (non-hydrogen) atoms. The Balaban J connectivity index is 1.39. The Morgan fingerprint density at radius 1 is 1.00 bits per heavy atom. The van der Waals surface area contributed by atoms with Crippen LogP contribution in [0.3, 0.4) is 0 Å². The van der Waals surface area contributed by atoms with E-state index < -0.39 is 0 Å². The predicted octanol–water partition coefficient (Wildman–Crippen LogP) is 4.63. The van der Waals surface area contributed by atoms with E-state index in [2.05, 4.69) is 4.90 Å². The van der Waals surface area contributed by atoms with Crippen LogP contribution in [0.1, 0.15) is 42.9 Å². The van der Waals surface area contributed by atoms with Crippen molar-refractivity contribution in [1.29, 1.82) is 0 Å². The Morgan fingerprint density at radius 3 is 2.38 bits per heavy atom. The van der Waals surface area contributed by atoms with Crippen molar-refractivity contribution in [2.24, 2.45) is 11.0 Å². The van der Waals surface area contributed by atoms with E-state index >= 15 is 0 Å². The van der Waals surface area contributed by atoms with Gasteiger partial charge in [-0.25, -0.2) is 5.01 Å². The standard InChI is InChI=1S/C28H32Cl2N4O3/c29-23-10-3-1-8-21(23)25-18-26(22-9-2-4-11-24(22)30)34(31-25)27(35)19-33(28(36)20-6-5-7-20)13-12-32-14-16-37-17-15-32/h1-4,8-11,20,26H,5-7,12-19H2/t26-/m1/s1. The Labute approximate surface area is 227 Å². The Bertz CT molecular complexity index is 1160. The van der Waals surface area contributed by atoms with Gasteiger partial charge in [0.25, 0.3) is 5.91 Å². The van der Waals surface area contributed by atoms with E-state index in [9.17, 15) is 9.59 Å². The normalized spacial score (nSPS) is 20.4. The molecule has 0 unspecified atom stereocenters. The third-order valence-electron chi connectivity index (χ3n) is 7.50. The van der Waals surface area contributed by atoms with E-state index in [0.29, 0.717) is 36.2 Å². The smallest absolute Gasteiger partial charge is 0.262 e. The molecule has 9 heteroatoms. The highest BCUT2D eigenvalue weighted by molar-refractivity contribution is 6.34. The van der Waals surface area contributed by atoms with Crippen LogP contribution in [0, 0.1) is 5.92 Å². The molecule has 2 aliphatic heterocycles. The summed E-state index contributed by atoms with van der Waals surface area (Å²) in [6, 6.07) is 14.7. The van der Waals surface area contributed by atoms with Gasteiger partial charge in [0.2, 0.25) is 5.91 Å². The summed E-state index contributed by atoms with van der Waals surface area (Å²) in [4.78, 5) is 31.1. The fraction of sp³-hybridized carbons (Fsp3) is 0.464. The maximum absolute atomic E-state index is 13.8. The van der Waals surface area contributed by atoms with Gasteiger partial charge in [0.05, 0.1) is 25.0 Å². The summed E-state index contributed by atoms with van der Waals surface area (Å²) in [5.41, 5.74) is 2.36. The number of benzene rings is 2. The summed E-state index contributed by atoms with van der Waals surface area (Å²) in [6.07, 6.45) is 3.33. The van der Waals surface area contributed by atoms with Gasteiger partial charge in [-0.2, -0.15) is 5.10 Å². The van der Waals surface area contributed by atoms with Gasteiger partial charge in [0, 0.05) is 54.1 Å². The number of ether oxygens (including phenoxy) is 1. The monoisotopic (exact) mass is 542 g/mol. The fourth-order valence-electron chi connectivity index (χ4n) is 5.09. The zero-order chi connectivity index (χ0) is 25.8. The van der Waals surface area contributed by atoms with Crippen molar-refractivity contribution in [2.75, 3.05) is 45.9 Å². The molecular weight excluding hydrogens is 511 g/mol. The summed E-state index contributed by atoms with van der Waals surface area (Å²) < 4.78 is 5.45. The second-order valence-electron chi connectivity index (χ2n) is 9.85. The first-order valence-electron chi connectivity index (χ1n) is 13.0. The van der Waals surface area contributed by atoms with E-state index in [4.69, 9.17) is 33.0 Å². The van der Waals surface area contributed by atoms with Crippen molar-refractivity contribution in [3.05, 3.63) is 69.7 Å². The first kappa shape index (κ1) is 26.2. The minimum atomic E-state index is -0.368. The topological polar surface area (TPSA) is 65.5 Å². The van der Waals surface area contributed by atoms with Crippen molar-refractivity contribution in [1.82, 2.24) is 14.8 Å². The van der Waals surface area contributed by atoms with Crippen LogP contribution in [-0.2, 0) is 14.3 Å². The lowest BCUT2D eigenvalue weighted by Crippen LogP contribution is -2.49. The van der Waals surface area contributed by atoms with Crippen LogP contribution in [0.5, 0.6) is 0 Å². The van der Waals surface area contributed by atoms with Gasteiger partial charge in [-0.15, -0.1) is 0 Å². The molecule has 2 fully saturated rings. The van der Waals surface area contributed by atoms with E-state index in [1.165, 1.54) is 5.01 Å². The molecule has 2 aromatic rings. The lowest BCUT2D eigenvalue weighted by molar-refractivity contribution is -0.145. The Morgan fingerprint density at radius 2 is 1.70 bits per heavy atom. The van der Waals surface area contributed by atoms with Crippen molar-refractivity contribution in [2.45, 2.75) is 31.7 Å². The van der Waals surface area contributed by atoms with Crippen LogP contribution in [0.15, 0.2) is 53.6 Å². The first-order valence-corrected chi connectivity index (χ1v) is 13.7. The zero-order valence-electron chi connectivity index (χ0n) is 20.8. The number of carbonyl (C=O) groups is 2. The van der Waals surface area contributed by atoms with E-state index in [-0.39, 0.29) is 30.3 Å². The minimum absolute atomic E-state index is 0.0117. The third kappa shape index (κ3) is 6.01. The molecule has 0 bridgehead atoms. The molecule has 2 amide bonds. The molecule has 0 N–H and O–H groups in total. The molecule has 5 rings (SSSR count). The van der Waals surface area contributed by atoms with E-state index in [1.54, 1.807) is 4.90 Å². The second-order valence-corrected chi connectivity index (χ2v) is 10.7. The Kier molecular flexibility index (Phi) is 8.45. The van der Waals surface area contributed by atoms with Gasteiger partial charge >= 0.3 is 0 Å². The zero-order valence-corrected chi connectivity index (χ0v) is 22.3. The molecule has 0 radical (unpaired) electrons. The van der Waals surface area contributed by atoms with Crippen LogP contribution in [0.25, 0.3) is 0 Å². The molecule has 7 nitrogen and oxygen atoms in total. The molecule has 196 valence electrons. The maximum atomic E-state index is 13.8. The molecule has 1 saturated carbocycles. The number of rotatable bonds is 8. The SMILES string of the molecule is O=C(C1CCC1)N(CCN1CCOCC1)CC(=O)N1N=C(c2ccccc2Cl)C[C@@H]1c1ccccc1Cl. The first-order chi connectivity index (χ1) is 18.0. The van der Waals surface area contributed by atoms with Crippen molar-refractivity contribution in [3.8, 4) is 0 Å². The number of nitrogens with zero attached hydrogens (tertiary/aromatic N) is 4. The molecule has 2 aromatic carbocycles. The molecular formula is C28H32Cl2N4O3. The van der Waals surface area contributed by atoms with Crippen LogP contribution < -0.4 is 0 Å². The molecule has 1 saturated heterocycles. The maximum Gasteiger partial charge on any atom is 0.262 e. The summed E-state index contributed by atoms with van der Waals surface area (Å²) in [7, 11) is 0. The molecule has 0 spiro atoms. The summed E-state index contributed by atoms with van der Waals surface area (Å²) in [5.74, 6) is -0.143. The lowest BCUT2D eigenvalue weighted by atomic mass is 9.84. The van der Waals surface area contributed by atoms with Crippen LogP contribution >= 0.6 is 23.2 Å². The minimum Gasteiger partial charge on any atom is -0.379 e. The van der Waals surface area contributed by atoms with Crippen molar-refractivity contribution < 1.29 is 14.3 Å². The van der Waals surface area contributed by atoms with Crippen molar-refractivity contribution in [3.63, 3.8) is 0 Å². The highest BCUT2D eigenvalue weighted by Gasteiger charge is 2.37. The van der Waals surface area contributed by atoms with Crippen LogP contribution in [-0.4, -0.2) is 78.3 Å². The van der Waals surface area contributed by atoms with Gasteiger partial charge in [-0.1, -0.05) is 66.0 Å². The number of morpholine rings is 1.